The molecule has 36 heavy (non-hydrogen) atoms. The van der Waals surface area contributed by atoms with E-state index in [1.54, 1.807) is 25.2 Å². The van der Waals surface area contributed by atoms with Gasteiger partial charge >= 0.3 is 0 Å². The van der Waals surface area contributed by atoms with Crippen molar-refractivity contribution in [3.63, 3.8) is 0 Å². The summed E-state index contributed by atoms with van der Waals surface area (Å²) in [5.74, 6) is -0.124. The minimum Gasteiger partial charge on any atom is -0.346 e. The van der Waals surface area contributed by atoms with Gasteiger partial charge in [0.2, 0.25) is 0 Å². The zero-order valence-corrected chi connectivity index (χ0v) is 22.3. The molecule has 0 bridgehead atoms. The van der Waals surface area contributed by atoms with Crippen LogP contribution in [-0.2, 0) is 28.7 Å². The fourth-order valence-electron chi connectivity index (χ4n) is 5.60. The Balaban J connectivity index is 1.73. The standard InChI is InChI=1S/C30H38N4O2/c1-7-21-14-16-24(17-15-21)30(8-2,28(36)33(5)6)32-27(35)25-20-31-34-26(25)18-23(19-29(34,3)4)22-12-10-9-11-13-22/h9-17,20,23H,7-8,18-19H2,1-6H3,(H,32,35)/t23-,30?/m0/s1. The summed E-state index contributed by atoms with van der Waals surface area (Å²) < 4.78 is 2.00. The van der Waals surface area contributed by atoms with E-state index < -0.39 is 5.54 Å². The van der Waals surface area contributed by atoms with Crippen LogP contribution < -0.4 is 5.32 Å². The Labute approximate surface area is 214 Å². The van der Waals surface area contributed by atoms with Gasteiger partial charge in [-0.05, 0) is 62.1 Å². The van der Waals surface area contributed by atoms with Crippen molar-refractivity contribution in [2.45, 2.75) is 70.4 Å². The van der Waals surface area contributed by atoms with Gasteiger partial charge in [0.25, 0.3) is 11.8 Å². The van der Waals surface area contributed by atoms with Crippen LogP contribution in [0, 0.1) is 0 Å². The molecule has 0 radical (unpaired) electrons. The third kappa shape index (κ3) is 4.57. The maximum absolute atomic E-state index is 13.9. The molecule has 6 nitrogen and oxygen atoms in total. The first kappa shape index (κ1) is 25.7. The van der Waals surface area contributed by atoms with Crippen molar-refractivity contribution in [3.8, 4) is 0 Å². The number of rotatable bonds is 7. The number of hydrogen-bond donors (Lipinski definition) is 1. The van der Waals surface area contributed by atoms with Crippen LogP contribution in [0.1, 0.15) is 79.2 Å². The summed E-state index contributed by atoms with van der Waals surface area (Å²) >= 11 is 0. The summed E-state index contributed by atoms with van der Waals surface area (Å²) in [6, 6.07) is 18.5. The molecule has 2 amide bonds. The first-order valence-corrected chi connectivity index (χ1v) is 12.9. The number of benzene rings is 2. The third-order valence-electron chi connectivity index (χ3n) is 7.63. The smallest absolute Gasteiger partial charge is 0.255 e. The van der Waals surface area contributed by atoms with Gasteiger partial charge in [-0.15, -0.1) is 0 Å². The van der Waals surface area contributed by atoms with Gasteiger partial charge in [0.15, 0.2) is 0 Å². The number of aromatic nitrogens is 2. The van der Waals surface area contributed by atoms with Crippen LogP contribution >= 0.6 is 0 Å². The average Bonchev–Trinajstić information content (AvgIpc) is 3.32. The highest BCUT2D eigenvalue weighted by molar-refractivity contribution is 6.00. The second-order valence-electron chi connectivity index (χ2n) is 10.7. The van der Waals surface area contributed by atoms with E-state index >= 15 is 0 Å². The second-order valence-corrected chi connectivity index (χ2v) is 10.7. The van der Waals surface area contributed by atoms with Crippen molar-refractivity contribution in [1.82, 2.24) is 20.0 Å². The number of likely N-dealkylation sites (N-methyl/N-ethyl adjacent to an activating group) is 1. The minimum absolute atomic E-state index is 0.147. The Morgan fingerprint density at radius 1 is 1.08 bits per heavy atom. The van der Waals surface area contributed by atoms with Crippen LogP contribution in [0.3, 0.4) is 0 Å². The molecule has 1 aromatic heterocycles. The molecule has 3 aromatic rings. The Morgan fingerprint density at radius 2 is 1.75 bits per heavy atom. The van der Waals surface area contributed by atoms with Gasteiger partial charge in [-0.3, -0.25) is 14.3 Å². The van der Waals surface area contributed by atoms with E-state index in [4.69, 9.17) is 0 Å². The lowest BCUT2D eigenvalue weighted by Gasteiger charge is -2.38. The van der Waals surface area contributed by atoms with Crippen LogP contribution in [0.25, 0.3) is 0 Å². The number of aryl methyl sites for hydroxylation is 1. The first-order chi connectivity index (χ1) is 17.1. The van der Waals surface area contributed by atoms with Crippen LogP contribution in [0.4, 0.5) is 0 Å². The van der Waals surface area contributed by atoms with Crippen molar-refractivity contribution >= 4 is 11.8 Å². The van der Waals surface area contributed by atoms with Crippen LogP contribution in [0.2, 0.25) is 0 Å². The number of carbonyl (C=O) groups is 2. The molecule has 0 spiro atoms. The first-order valence-electron chi connectivity index (χ1n) is 12.9. The number of hydrogen-bond acceptors (Lipinski definition) is 3. The molecule has 1 aliphatic heterocycles. The molecule has 4 rings (SSSR count). The molecule has 190 valence electrons. The number of nitrogens with zero attached hydrogens (tertiary/aromatic N) is 3. The quantitative estimate of drug-likeness (QED) is 0.509. The minimum atomic E-state index is -1.16. The molecule has 1 unspecified atom stereocenters. The molecular formula is C30H38N4O2. The van der Waals surface area contributed by atoms with E-state index in [1.165, 1.54) is 11.1 Å². The summed E-state index contributed by atoms with van der Waals surface area (Å²) in [4.78, 5) is 29.0. The molecule has 2 heterocycles. The highest BCUT2D eigenvalue weighted by Crippen LogP contribution is 2.40. The molecule has 1 N–H and O–H groups in total. The molecule has 1 aliphatic rings. The van der Waals surface area contributed by atoms with E-state index in [2.05, 4.69) is 55.5 Å². The largest absolute Gasteiger partial charge is 0.346 e. The monoisotopic (exact) mass is 486 g/mol. The second kappa shape index (κ2) is 9.92. The number of amides is 2. The fraction of sp³-hybridized carbons (Fsp3) is 0.433. The summed E-state index contributed by atoms with van der Waals surface area (Å²) in [5.41, 5.74) is 3.31. The van der Waals surface area contributed by atoms with E-state index in [-0.39, 0.29) is 23.3 Å². The zero-order chi connectivity index (χ0) is 26.1. The Hall–Kier alpha value is -3.41. The number of carbonyl (C=O) groups excluding carboxylic acids is 2. The van der Waals surface area contributed by atoms with Gasteiger partial charge in [-0.2, -0.15) is 5.10 Å². The summed E-state index contributed by atoms with van der Waals surface area (Å²) in [6.45, 7) is 8.38. The highest BCUT2D eigenvalue weighted by Gasteiger charge is 2.43. The van der Waals surface area contributed by atoms with Gasteiger partial charge in [0.05, 0.1) is 23.0 Å². The van der Waals surface area contributed by atoms with Crippen molar-refractivity contribution < 1.29 is 9.59 Å². The summed E-state index contributed by atoms with van der Waals surface area (Å²) in [6.07, 6.45) is 4.67. The molecular weight excluding hydrogens is 448 g/mol. The van der Waals surface area contributed by atoms with Crippen LogP contribution in [-0.4, -0.2) is 40.6 Å². The molecule has 6 heteroatoms. The van der Waals surface area contributed by atoms with Crippen LogP contribution in [0.15, 0.2) is 60.8 Å². The van der Waals surface area contributed by atoms with Gasteiger partial charge in [-0.1, -0.05) is 68.4 Å². The Bertz CT molecular complexity index is 1230. The van der Waals surface area contributed by atoms with Crippen LogP contribution in [0.5, 0.6) is 0 Å². The lowest BCUT2D eigenvalue weighted by Crippen LogP contribution is -2.55. The van der Waals surface area contributed by atoms with Crippen molar-refractivity contribution in [1.29, 1.82) is 0 Å². The van der Waals surface area contributed by atoms with E-state index in [0.29, 0.717) is 12.0 Å². The molecule has 2 aromatic carbocycles. The fourth-order valence-corrected chi connectivity index (χ4v) is 5.60. The van der Waals surface area contributed by atoms with E-state index in [1.807, 2.05) is 41.9 Å². The van der Waals surface area contributed by atoms with Gasteiger partial charge in [0, 0.05) is 14.1 Å². The number of nitrogens with one attached hydrogen (secondary N) is 1. The summed E-state index contributed by atoms with van der Waals surface area (Å²) in [7, 11) is 3.46. The lowest BCUT2D eigenvalue weighted by molar-refractivity contribution is -0.136. The van der Waals surface area contributed by atoms with Gasteiger partial charge in [0.1, 0.15) is 5.54 Å². The number of fused-ring (bicyclic) bond motifs is 1. The van der Waals surface area contributed by atoms with Crippen molar-refractivity contribution in [3.05, 3.63) is 88.7 Å². The van der Waals surface area contributed by atoms with Gasteiger partial charge < -0.3 is 10.2 Å². The van der Waals surface area contributed by atoms with E-state index in [9.17, 15) is 9.59 Å². The molecule has 0 fully saturated rings. The normalized spacial score (nSPS) is 18.1. The average molecular weight is 487 g/mol. The molecule has 0 saturated heterocycles. The van der Waals surface area contributed by atoms with Crippen molar-refractivity contribution in [2.24, 2.45) is 0 Å². The highest BCUT2D eigenvalue weighted by atomic mass is 16.2. The van der Waals surface area contributed by atoms with E-state index in [0.717, 1.165) is 30.5 Å². The predicted molar refractivity (Wildman–Crippen MR) is 143 cm³/mol. The maximum Gasteiger partial charge on any atom is 0.255 e. The third-order valence-corrected chi connectivity index (χ3v) is 7.63. The Kier molecular flexibility index (Phi) is 7.07. The topological polar surface area (TPSA) is 67.2 Å². The predicted octanol–water partition coefficient (Wildman–Crippen LogP) is 5.03. The Morgan fingerprint density at radius 3 is 2.33 bits per heavy atom. The lowest BCUT2D eigenvalue weighted by atomic mass is 9.79. The summed E-state index contributed by atoms with van der Waals surface area (Å²) in [5, 5.41) is 7.82. The zero-order valence-electron chi connectivity index (χ0n) is 22.3. The van der Waals surface area contributed by atoms with Crippen molar-refractivity contribution in [2.75, 3.05) is 14.1 Å². The maximum atomic E-state index is 13.9. The SMILES string of the molecule is CCc1ccc(C(CC)(NC(=O)c2cnn3c2C[C@H](c2ccccc2)CC3(C)C)C(=O)N(C)C)cc1. The van der Waals surface area contributed by atoms with Gasteiger partial charge in [-0.25, -0.2) is 0 Å². The molecule has 2 atom stereocenters. The molecule has 0 saturated carbocycles. The molecule has 0 aliphatic carbocycles.